The molecule has 0 aliphatic carbocycles. The van der Waals surface area contributed by atoms with Crippen molar-refractivity contribution in [3.05, 3.63) is 85.2 Å². The smallest absolute Gasteiger partial charge is 0.291 e. The second-order valence-electron chi connectivity index (χ2n) is 5.48. The van der Waals surface area contributed by atoms with Crippen molar-refractivity contribution < 1.29 is 18.9 Å². The summed E-state index contributed by atoms with van der Waals surface area (Å²) in [6.45, 7) is -0.0823. The van der Waals surface area contributed by atoms with Crippen LogP contribution in [0.5, 0.6) is 5.75 Å². The van der Waals surface area contributed by atoms with E-state index in [0.29, 0.717) is 5.76 Å². The SMILES string of the molecule is O=C(Nc1c(Cl)cccc1Cl)c1ccc(COc2cc([N+](=O)[O-])ccc2Cl)o1. The quantitative estimate of drug-likeness (QED) is 0.375. The van der Waals surface area contributed by atoms with Gasteiger partial charge in [-0.1, -0.05) is 40.9 Å². The summed E-state index contributed by atoms with van der Waals surface area (Å²) >= 11 is 18.0. The summed E-state index contributed by atoms with van der Waals surface area (Å²) in [4.78, 5) is 22.6. The highest BCUT2D eigenvalue weighted by atomic mass is 35.5. The molecule has 1 aromatic heterocycles. The molecule has 0 radical (unpaired) electrons. The molecule has 0 saturated carbocycles. The third-order valence-corrected chi connectivity index (χ3v) is 4.52. The number of non-ortho nitro benzene ring substituents is 1. The van der Waals surface area contributed by atoms with Crippen molar-refractivity contribution in [2.75, 3.05) is 5.32 Å². The summed E-state index contributed by atoms with van der Waals surface area (Å²) < 4.78 is 10.9. The van der Waals surface area contributed by atoms with Crippen LogP contribution in [-0.2, 0) is 6.61 Å². The highest BCUT2D eigenvalue weighted by Gasteiger charge is 2.16. The molecule has 1 amide bonds. The van der Waals surface area contributed by atoms with Crippen LogP contribution in [-0.4, -0.2) is 10.8 Å². The molecule has 10 heteroatoms. The fourth-order valence-corrected chi connectivity index (χ4v) is 2.90. The number of ether oxygens (including phenoxy) is 1. The molecule has 0 unspecified atom stereocenters. The van der Waals surface area contributed by atoms with Gasteiger partial charge >= 0.3 is 0 Å². The van der Waals surface area contributed by atoms with Crippen molar-refractivity contribution >= 4 is 52.1 Å². The van der Waals surface area contributed by atoms with Gasteiger partial charge in [-0.25, -0.2) is 0 Å². The standard InChI is InChI=1S/C18H11Cl3N2O5/c19-12-6-4-10(23(25)26)8-16(12)27-9-11-5-7-15(28-11)18(24)22-17-13(20)2-1-3-14(17)21/h1-8H,9H2,(H,22,24). The number of nitro benzene ring substituents is 1. The highest BCUT2D eigenvalue weighted by molar-refractivity contribution is 6.40. The summed E-state index contributed by atoms with van der Waals surface area (Å²) in [6, 6.07) is 11.7. The molecule has 0 saturated heterocycles. The molecule has 3 aromatic rings. The van der Waals surface area contributed by atoms with Gasteiger partial charge in [-0.2, -0.15) is 0 Å². The van der Waals surface area contributed by atoms with Gasteiger partial charge in [0, 0.05) is 6.07 Å². The van der Waals surface area contributed by atoms with Crippen LogP contribution >= 0.6 is 34.8 Å². The third kappa shape index (κ3) is 4.56. The Bertz CT molecular complexity index is 1030. The molecule has 144 valence electrons. The van der Waals surface area contributed by atoms with E-state index in [4.69, 9.17) is 44.0 Å². The van der Waals surface area contributed by atoms with Crippen molar-refractivity contribution in [2.24, 2.45) is 0 Å². The number of furan rings is 1. The van der Waals surface area contributed by atoms with Crippen molar-refractivity contribution in [3.8, 4) is 5.75 Å². The first kappa shape index (κ1) is 20.0. The minimum absolute atomic E-state index is 0.0136. The van der Waals surface area contributed by atoms with Crippen LogP contribution in [0.4, 0.5) is 11.4 Å². The molecule has 2 aromatic carbocycles. The van der Waals surface area contributed by atoms with Crippen LogP contribution in [0.2, 0.25) is 15.1 Å². The molecular formula is C18H11Cl3N2O5. The van der Waals surface area contributed by atoms with Gasteiger partial charge in [-0.15, -0.1) is 0 Å². The minimum atomic E-state index is -0.557. The monoisotopic (exact) mass is 440 g/mol. The number of hydrogen-bond donors (Lipinski definition) is 1. The second-order valence-corrected chi connectivity index (χ2v) is 6.70. The molecule has 0 spiro atoms. The first-order valence-electron chi connectivity index (χ1n) is 7.76. The van der Waals surface area contributed by atoms with E-state index in [1.165, 1.54) is 30.3 Å². The van der Waals surface area contributed by atoms with Gasteiger partial charge < -0.3 is 14.5 Å². The number of rotatable bonds is 6. The van der Waals surface area contributed by atoms with Crippen molar-refractivity contribution in [3.63, 3.8) is 0 Å². The molecule has 1 heterocycles. The molecular weight excluding hydrogens is 431 g/mol. The maximum Gasteiger partial charge on any atom is 0.291 e. The van der Waals surface area contributed by atoms with E-state index < -0.39 is 10.8 Å². The number of benzene rings is 2. The largest absolute Gasteiger partial charge is 0.484 e. The predicted octanol–water partition coefficient (Wildman–Crippen LogP) is 5.98. The number of carbonyl (C=O) groups is 1. The molecule has 0 fully saturated rings. The van der Waals surface area contributed by atoms with Gasteiger partial charge in [0.15, 0.2) is 5.76 Å². The molecule has 0 aliphatic rings. The lowest BCUT2D eigenvalue weighted by atomic mass is 10.3. The minimum Gasteiger partial charge on any atom is -0.484 e. The second kappa shape index (κ2) is 8.52. The van der Waals surface area contributed by atoms with Crippen LogP contribution in [0.25, 0.3) is 0 Å². The van der Waals surface area contributed by atoms with E-state index in [1.54, 1.807) is 18.2 Å². The summed E-state index contributed by atoms with van der Waals surface area (Å²) in [5.41, 5.74) is 0.115. The van der Waals surface area contributed by atoms with Crippen molar-refractivity contribution in [1.82, 2.24) is 0 Å². The van der Waals surface area contributed by atoms with Crippen LogP contribution in [0.15, 0.2) is 52.9 Å². The third-order valence-electron chi connectivity index (χ3n) is 3.58. The fraction of sp³-hybridized carbons (Fsp3) is 0.0556. The average Bonchev–Trinajstić information content (AvgIpc) is 3.13. The predicted molar refractivity (Wildman–Crippen MR) is 106 cm³/mol. The summed E-state index contributed by atoms with van der Waals surface area (Å²) in [5.74, 6) is -0.0894. The molecule has 0 aliphatic heterocycles. The van der Waals surface area contributed by atoms with Crippen LogP contribution in [0.3, 0.4) is 0 Å². The molecule has 28 heavy (non-hydrogen) atoms. The summed E-state index contributed by atoms with van der Waals surface area (Å²) in [7, 11) is 0. The Balaban J connectivity index is 1.68. The Morgan fingerprint density at radius 3 is 2.46 bits per heavy atom. The number of anilines is 1. The zero-order valence-corrected chi connectivity index (χ0v) is 16.2. The van der Waals surface area contributed by atoms with E-state index in [2.05, 4.69) is 5.32 Å². The van der Waals surface area contributed by atoms with Gasteiger partial charge in [-0.3, -0.25) is 14.9 Å². The maximum atomic E-state index is 12.3. The Morgan fingerprint density at radius 2 is 1.79 bits per heavy atom. The number of carbonyl (C=O) groups excluding carboxylic acids is 1. The van der Waals surface area contributed by atoms with Crippen LogP contribution < -0.4 is 10.1 Å². The lowest BCUT2D eigenvalue weighted by Gasteiger charge is -2.08. The Kier molecular flexibility index (Phi) is 6.08. The first-order valence-corrected chi connectivity index (χ1v) is 8.89. The first-order chi connectivity index (χ1) is 13.3. The van der Waals surface area contributed by atoms with E-state index in [9.17, 15) is 14.9 Å². The number of amides is 1. The van der Waals surface area contributed by atoms with Gasteiger partial charge in [0.05, 0.1) is 31.7 Å². The van der Waals surface area contributed by atoms with Crippen molar-refractivity contribution in [1.29, 1.82) is 0 Å². The van der Waals surface area contributed by atoms with Gasteiger partial charge in [0.2, 0.25) is 0 Å². The Hall–Kier alpha value is -2.74. The van der Waals surface area contributed by atoms with E-state index >= 15 is 0 Å². The number of nitrogens with zero attached hydrogens (tertiary/aromatic N) is 1. The van der Waals surface area contributed by atoms with E-state index in [0.717, 1.165) is 0 Å². The summed E-state index contributed by atoms with van der Waals surface area (Å²) in [6.07, 6.45) is 0. The molecule has 3 rings (SSSR count). The fourth-order valence-electron chi connectivity index (χ4n) is 2.23. The number of hydrogen-bond acceptors (Lipinski definition) is 5. The van der Waals surface area contributed by atoms with Gasteiger partial charge in [-0.05, 0) is 30.3 Å². The Labute approximate surface area is 173 Å². The molecule has 0 bridgehead atoms. The van der Waals surface area contributed by atoms with Gasteiger partial charge in [0.25, 0.3) is 11.6 Å². The van der Waals surface area contributed by atoms with Gasteiger partial charge in [0.1, 0.15) is 18.1 Å². The van der Waals surface area contributed by atoms with Crippen LogP contribution in [0, 0.1) is 10.1 Å². The van der Waals surface area contributed by atoms with E-state index in [-0.39, 0.29) is 44.6 Å². The van der Waals surface area contributed by atoms with Crippen molar-refractivity contribution in [2.45, 2.75) is 6.61 Å². The average molecular weight is 442 g/mol. The number of halogens is 3. The lowest BCUT2D eigenvalue weighted by Crippen LogP contribution is -2.11. The summed E-state index contributed by atoms with van der Waals surface area (Å²) in [5, 5.41) is 14.2. The zero-order valence-electron chi connectivity index (χ0n) is 13.9. The van der Waals surface area contributed by atoms with Crippen LogP contribution in [0.1, 0.15) is 16.3 Å². The Morgan fingerprint density at radius 1 is 1.07 bits per heavy atom. The zero-order chi connectivity index (χ0) is 20.3. The number of para-hydroxylation sites is 1. The lowest BCUT2D eigenvalue weighted by molar-refractivity contribution is -0.384. The topological polar surface area (TPSA) is 94.6 Å². The number of nitro groups is 1. The maximum absolute atomic E-state index is 12.3. The molecule has 1 N–H and O–H groups in total. The highest BCUT2D eigenvalue weighted by Crippen LogP contribution is 2.31. The molecule has 7 nitrogen and oxygen atoms in total. The molecule has 0 atom stereocenters. The normalized spacial score (nSPS) is 10.5. The van der Waals surface area contributed by atoms with E-state index in [1.807, 2.05) is 0 Å². The number of nitrogens with one attached hydrogen (secondary N) is 1.